The van der Waals surface area contributed by atoms with Crippen molar-refractivity contribution in [2.75, 3.05) is 31.8 Å². The maximum Gasteiger partial charge on any atom is 0.155 e. The van der Waals surface area contributed by atoms with Gasteiger partial charge in [-0.2, -0.15) is 5.26 Å². The molecule has 1 aromatic carbocycles. The van der Waals surface area contributed by atoms with Gasteiger partial charge in [0.15, 0.2) is 9.84 Å². The fraction of sp³-hybridized carbons (Fsp3) is 0.462. The van der Waals surface area contributed by atoms with Crippen molar-refractivity contribution in [3.63, 3.8) is 0 Å². The lowest BCUT2D eigenvalue weighted by Gasteiger charge is -2.07. The Hall–Kier alpha value is -1.58. The molecule has 0 aliphatic heterocycles. The SMILES string of the molecule is COCCS(=O)(=O)CCOc1ccc(CC#N)cc1. The van der Waals surface area contributed by atoms with E-state index in [0.717, 1.165) is 5.56 Å². The van der Waals surface area contributed by atoms with E-state index >= 15 is 0 Å². The highest BCUT2D eigenvalue weighted by Gasteiger charge is 2.10. The van der Waals surface area contributed by atoms with Gasteiger partial charge in [-0.3, -0.25) is 0 Å². The van der Waals surface area contributed by atoms with Crippen molar-refractivity contribution < 1.29 is 17.9 Å². The molecule has 1 rings (SSSR count). The molecule has 0 atom stereocenters. The summed E-state index contributed by atoms with van der Waals surface area (Å²) in [6, 6.07) is 9.09. The summed E-state index contributed by atoms with van der Waals surface area (Å²) in [5, 5.41) is 8.53. The number of hydrogen-bond acceptors (Lipinski definition) is 5. The van der Waals surface area contributed by atoms with Crippen LogP contribution in [0.1, 0.15) is 5.56 Å². The van der Waals surface area contributed by atoms with Crippen LogP contribution in [0.4, 0.5) is 0 Å². The van der Waals surface area contributed by atoms with Gasteiger partial charge in [0.1, 0.15) is 12.4 Å². The highest BCUT2D eigenvalue weighted by atomic mass is 32.2. The van der Waals surface area contributed by atoms with Crippen LogP contribution in [0.3, 0.4) is 0 Å². The molecule has 0 amide bonds. The molecule has 1 aromatic rings. The number of benzene rings is 1. The largest absolute Gasteiger partial charge is 0.493 e. The van der Waals surface area contributed by atoms with Gasteiger partial charge in [-0.15, -0.1) is 0 Å². The predicted octanol–water partition coefficient (Wildman–Crippen LogP) is 1.19. The van der Waals surface area contributed by atoms with E-state index < -0.39 is 9.84 Å². The quantitative estimate of drug-likeness (QED) is 0.716. The maximum absolute atomic E-state index is 11.5. The van der Waals surface area contributed by atoms with Gasteiger partial charge in [-0.1, -0.05) is 12.1 Å². The first-order chi connectivity index (χ1) is 9.07. The van der Waals surface area contributed by atoms with Crippen molar-refractivity contribution in [3.05, 3.63) is 29.8 Å². The zero-order chi connectivity index (χ0) is 14.1. The molecule has 0 saturated carbocycles. The third-order valence-electron chi connectivity index (χ3n) is 2.47. The maximum atomic E-state index is 11.5. The first-order valence-corrected chi connectivity index (χ1v) is 7.67. The molecular formula is C13H17NO4S. The van der Waals surface area contributed by atoms with Crippen LogP contribution < -0.4 is 4.74 Å². The standard InChI is InChI=1S/C13H17NO4S/c1-17-8-10-19(15,16)11-9-18-13-4-2-12(3-5-13)6-7-14/h2-5H,6,8-11H2,1H3. The lowest BCUT2D eigenvalue weighted by Crippen LogP contribution is -2.19. The lowest BCUT2D eigenvalue weighted by molar-refractivity contribution is 0.217. The summed E-state index contributed by atoms with van der Waals surface area (Å²) in [4.78, 5) is 0. The van der Waals surface area contributed by atoms with Crippen molar-refractivity contribution >= 4 is 9.84 Å². The summed E-state index contributed by atoms with van der Waals surface area (Å²) in [6.07, 6.45) is 0.353. The Balaban J connectivity index is 2.39. The minimum absolute atomic E-state index is 0.00790. The highest BCUT2D eigenvalue weighted by Crippen LogP contribution is 2.12. The fourth-order valence-corrected chi connectivity index (χ4v) is 2.36. The summed E-state index contributed by atoms with van der Waals surface area (Å²) in [5.41, 5.74) is 0.905. The lowest BCUT2D eigenvalue weighted by atomic mass is 10.2. The number of rotatable bonds is 8. The molecule has 0 unspecified atom stereocenters. The molecule has 19 heavy (non-hydrogen) atoms. The van der Waals surface area contributed by atoms with Crippen LogP contribution in [-0.4, -0.2) is 40.2 Å². The fourth-order valence-electron chi connectivity index (χ4n) is 1.39. The molecule has 0 aliphatic carbocycles. The van der Waals surface area contributed by atoms with Gasteiger partial charge in [-0.25, -0.2) is 8.42 Å². The minimum atomic E-state index is -3.12. The van der Waals surface area contributed by atoms with E-state index in [0.29, 0.717) is 12.2 Å². The van der Waals surface area contributed by atoms with E-state index in [1.165, 1.54) is 7.11 Å². The van der Waals surface area contributed by atoms with Gasteiger partial charge in [0.25, 0.3) is 0 Å². The number of methoxy groups -OCH3 is 1. The third-order valence-corrected chi connectivity index (χ3v) is 4.05. The number of ether oxygens (including phenoxy) is 2. The first-order valence-electron chi connectivity index (χ1n) is 5.85. The smallest absolute Gasteiger partial charge is 0.155 e. The molecular weight excluding hydrogens is 266 g/mol. The summed E-state index contributed by atoms with van der Waals surface area (Å²) in [7, 11) is -1.66. The van der Waals surface area contributed by atoms with Crippen LogP contribution in [-0.2, 0) is 21.0 Å². The van der Waals surface area contributed by atoms with Crippen LogP contribution >= 0.6 is 0 Å². The van der Waals surface area contributed by atoms with Gasteiger partial charge in [-0.05, 0) is 17.7 Å². The summed E-state index contributed by atoms with van der Waals surface area (Å²) >= 11 is 0. The van der Waals surface area contributed by atoms with Gasteiger partial charge < -0.3 is 9.47 Å². The number of sulfone groups is 1. The zero-order valence-corrected chi connectivity index (χ0v) is 11.6. The molecule has 6 heteroatoms. The van der Waals surface area contributed by atoms with Crippen molar-refractivity contribution in [3.8, 4) is 11.8 Å². The molecule has 0 heterocycles. The number of nitriles is 1. The summed E-state index contributed by atoms with van der Waals surface area (Å²) < 4.78 is 33.1. The second-order valence-electron chi connectivity index (χ2n) is 3.97. The van der Waals surface area contributed by atoms with Crippen molar-refractivity contribution in [1.82, 2.24) is 0 Å². The Morgan fingerprint density at radius 2 is 1.79 bits per heavy atom. The summed E-state index contributed by atoms with van der Waals surface area (Å²) in [5.74, 6) is 0.577. The zero-order valence-electron chi connectivity index (χ0n) is 10.8. The molecule has 0 bridgehead atoms. The van der Waals surface area contributed by atoms with Crippen molar-refractivity contribution in [2.45, 2.75) is 6.42 Å². The first kappa shape index (κ1) is 15.5. The van der Waals surface area contributed by atoms with Gasteiger partial charge in [0.05, 0.1) is 30.6 Å². The van der Waals surface area contributed by atoms with E-state index in [1.54, 1.807) is 24.3 Å². The predicted molar refractivity (Wildman–Crippen MR) is 71.8 cm³/mol. The van der Waals surface area contributed by atoms with Gasteiger partial charge in [0.2, 0.25) is 0 Å². The van der Waals surface area contributed by atoms with Crippen LogP contribution in [0.15, 0.2) is 24.3 Å². The number of nitrogens with zero attached hydrogens (tertiary/aromatic N) is 1. The average molecular weight is 283 g/mol. The second kappa shape index (κ2) is 7.77. The molecule has 104 valence electrons. The molecule has 5 nitrogen and oxygen atoms in total. The van der Waals surface area contributed by atoms with E-state index in [1.807, 2.05) is 0 Å². The topological polar surface area (TPSA) is 76.4 Å². The van der Waals surface area contributed by atoms with Crippen LogP contribution in [0, 0.1) is 11.3 Å². The van der Waals surface area contributed by atoms with E-state index in [2.05, 4.69) is 6.07 Å². The Bertz CT molecular complexity index is 517. The van der Waals surface area contributed by atoms with E-state index in [9.17, 15) is 8.42 Å². The average Bonchev–Trinajstić information content (AvgIpc) is 2.39. The van der Waals surface area contributed by atoms with Crippen LogP contribution in [0.5, 0.6) is 5.75 Å². The van der Waals surface area contributed by atoms with E-state index in [4.69, 9.17) is 14.7 Å². The van der Waals surface area contributed by atoms with Gasteiger partial charge in [0, 0.05) is 7.11 Å². The van der Waals surface area contributed by atoms with E-state index in [-0.39, 0.29) is 24.7 Å². The number of hydrogen-bond donors (Lipinski definition) is 0. The van der Waals surface area contributed by atoms with Crippen molar-refractivity contribution in [1.29, 1.82) is 5.26 Å². The van der Waals surface area contributed by atoms with Gasteiger partial charge >= 0.3 is 0 Å². The monoisotopic (exact) mass is 283 g/mol. The normalized spacial score (nSPS) is 10.9. The van der Waals surface area contributed by atoms with Crippen LogP contribution in [0.2, 0.25) is 0 Å². The molecule has 0 N–H and O–H groups in total. The Morgan fingerprint density at radius 3 is 2.37 bits per heavy atom. The van der Waals surface area contributed by atoms with Crippen LogP contribution in [0.25, 0.3) is 0 Å². The molecule has 0 aliphatic rings. The second-order valence-corrected chi connectivity index (χ2v) is 6.28. The molecule has 0 spiro atoms. The third kappa shape index (κ3) is 6.22. The Morgan fingerprint density at radius 1 is 1.16 bits per heavy atom. The molecule has 0 fully saturated rings. The van der Waals surface area contributed by atoms with Crippen molar-refractivity contribution in [2.24, 2.45) is 0 Å². The highest BCUT2D eigenvalue weighted by molar-refractivity contribution is 7.91. The summed E-state index contributed by atoms with van der Waals surface area (Å²) in [6.45, 7) is 0.314. The molecule has 0 radical (unpaired) electrons. The Labute approximate surface area is 113 Å². The molecule has 0 saturated heterocycles. The minimum Gasteiger partial charge on any atom is -0.493 e. The Kier molecular flexibility index (Phi) is 6.33. The molecule has 0 aromatic heterocycles.